The molecular weight excluding hydrogens is 286 g/mol. The van der Waals surface area contributed by atoms with E-state index in [0.29, 0.717) is 18.2 Å². The second kappa shape index (κ2) is 6.85. The van der Waals surface area contributed by atoms with Gasteiger partial charge in [0.25, 0.3) is 0 Å². The molecule has 1 saturated carbocycles. The highest BCUT2D eigenvalue weighted by atomic mass is 32.1. The van der Waals surface area contributed by atoms with Gasteiger partial charge in [-0.3, -0.25) is 0 Å². The summed E-state index contributed by atoms with van der Waals surface area (Å²) in [5, 5.41) is 8.19. The molecule has 2 nitrogen and oxygen atoms in total. The quantitative estimate of drug-likeness (QED) is 0.861. The van der Waals surface area contributed by atoms with Gasteiger partial charge in [-0.2, -0.15) is 0 Å². The van der Waals surface area contributed by atoms with Crippen molar-refractivity contribution in [2.45, 2.75) is 43.9 Å². The molecule has 4 heteroatoms. The van der Waals surface area contributed by atoms with Crippen molar-refractivity contribution in [3.8, 4) is 0 Å². The van der Waals surface area contributed by atoms with E-state index in [2.05, 4.69) is 40.3 Å². The van der Waals surface area contributed by atoms with Gasteiger partial charge >= 0.3 is 0 Å². The highest BCUT2D eigenvalue weighted by Crippen LogP contribution is 2.29. The molecule has 108 valence electrons. The van der Waals surface area contributed by atoms with Crippen LogP contribution in [0.4, 0.5) is 0 Å². The molecule has 0 aromatic carbocycles. The SMILES string of the molecule is COC1CCC(NC(Cc2cccs2)c2cccs2)C1. The Morgan fingerprint density at radius 1 is 1.25 bits per heavy atom. The summed E-state index contributed by atoms with van der Waals surface area (Å²) in [6, 6.07) is 9.80. The van der Waals surface area contributed by atoms with Gasteiger partial charge in [0.15, 0.2) is 0 Å². The van der Waals surface area contributed by atoms with Crippen molar-refractivity contribution in [1.82, 2.24) is 5.32 Å². The number of thiophene rings is 2. The van der Waals surface area contributed by atoms with Gasteiger partial charge in [-0.05, 0) is 42.2 Å². The minimum Gasteiger partial charge on any atom is -0.381 e. The Kier molecular flexibility index (Phi) is 4.89. The van der Waals surface area contributed by atoms with Gasteiger partial charge in [0, 0.05) is 35.4 Å². The summed E-state index contributed by atoms with van der Waals surface area (Å²) in [5.74, 6) is 0. The van der Waals surface area contributed by atoms with Crippen molar-refractivity contribution in [3.05, 3.63) is 44.8 Å². The molecule has 20 heavy (non-hydrogen) atoms. The summed E-state index contributed by atoms with van der Waals surface area (Å²) in [6.45, 7) is 0. The van der Waals surface area contributed by atoms with Gasteiger partial charge in [-0.15, -0.1) is 22.7 Å². The summed E-state index contributed by atoms with van der Waals surface area (Å²) in [7, 11) is 1.83. The fourth-order valence-corrected chi connectivity index (χ4v) is 4.49. The number of rotatable bonds is 6. The fraction of sp³-hybridized carbons (Fsp3) is 0.500. The van der Waals surface area contributed by atoms with E-state index in [-0.39, 0.29) is 0 Å². The molecular formula is C16H21NOS2. The van der Waals surface area contributed by atoms with Crippen molar-refractivity contribution in [2.75, 3.05) is 7.11 Å². The molecule has 1 aliphatic carbocycles. The molecule has 1 fully saturated rings. The van der Waals surface area contributed by atoms with Crippen molar-refractivity contribution in [2.24, 2.45) is 0 Å². The predicted molar refractivity (Wildman–Crippen MR) is 86.7 cm³/mol. The lowest BCUT2D eigenvalue weighted by Crippen LogP contribution is -2.32. The predicted octanol–water partition coefficient (Wildman–Crippen LogP) is 4.25. The zero-order valence-corrected chi connectivity index (χ0v) is 13.4. The molecule has 0 aliphatic heterocycles. The molecule has 3 unspecified atom stereocenters. The Balaban J connectivity index is 1.66. The number of hydrogen-bond acceptors (Lipinski definition) is 4. The number of methoxy groups -OCH3 is 1. The third kappa shape index (κ3) is 3.50. The van der Waals surface area contributed by atoms with Gasteiger partial charge in [-0.25, -0.2) is 0 Å². The fourth-order valence-electron chi connectivity index (χ4n) is 2.95. The molecule has 2 aromatic heterocycles. The van der Waals surface area contributed by atoms with E-state index in [0.717, 1.165) is 12.8 Å². The standard InChI is InChI=1S/C16H21NOS2/c1-18-13-7-6-12(10-13)17-15(16-5-3-9-20-16)11-14-4-2-8-19-14/h2-5,8-9,12-13,15,17H,6-7,10-11H2,1H3. The first-order valence-corrected chi connectivity index (χ1v) is 8.95. The van der Waals surface area contributed by atoms with E-state index in [1.165, 1.54) is 22.6 Å². The van der Waals surface area contributed by atoms with Gasteiger partial charge in [0.05, 0.1) is 6.10 Å². The molecule has 0 radical (unpaired) electrons. The lowest BCUT2D eigenvalue weighted by Gasteiger charge is -2.22. The Labute approximate surface area is 128 Å². The maximum atomic E-state index is 5.48. The molecule has 0 saturated heterocycles. The van der Waals surface area contributed by atoms with Crippen molar-refractivity contribution >= 4 is 22.7 Å². The minimum absolute atomic E-state index is 0.439. The number of hydrogen-bond donors (Lipinski definition) is 1. The Morgan fingerprint density at radius 2 is 2.10 bits per heavy atom. The third-order valence-electron chi connectivity index (χ3n) is 4.03. The van der Waals surface area contributed by atoms with Crippen molar-refractivity contribution < 1.29 is 4.74 Å². The van der Waals surface area contributed by atoms with Crippen LogP contribution in [0.25, 0.3) is 0 Å². The number of nitrogens with one attached hydrogen (secondary N) is 1. The van der Waals surface area contributed by atoms with E-state index < -0.39 is 0 Å². The maximum absolute atomic E-state index is 5.48. The Bertz CT molecular complexity index is 495. The molecule has 3 atom stereocenters. The zero-order chi connectivity index (χ0) is 13.8. The molecule has 0 spiro atoms. The van der Waals surface area contributed by atoms with Crippen LogP contribution in [0.5, 0.6) is 0 Å². The van der Waals surface area contributed by atoms with Crippen LogP contribution in [0.2, 0.25) is 0 Å². The molecule has 1 N–H and O–H groups in total. The normalized spacial score (nSPS) is 24.1. The summed E-state index contributed by atoms with van der Waals surface area (Å²) >= 11 is 3.71. The topological polar surface area (TPSA) is 21.3 Å². The van der Waals surface area contributed by atoms with Crippen LogP contribution in [-0.2, 0) is 11.2 Å². The van der Waals surface area contributed by atoms with E-state index in [1.54, 1.807) is 0 Å². The monoisotopic (exact) mass is 307 g/mol. The summed E-state index contributed by atoms with van der Waals surface area (Å²) in [4.78, 5) is 2.90. The lowest BCUT2D eigenvalue weighted by atomic mass is 10.1. The summed E-state index contributed by atoms with van der Waals surface area (Å²) in [5.41, 5.74) is 0. The van der Waals surface area contributed by atoms with Crippen LogP contribution in [0.1, 0.15) is 35.1 Å². The van der Waals surface area contributed by atoms with E-state index in [4.69, 9.17) is 4.74 Å². The first-order chi connectivity index (χ1) is 9.85. The Morgan fingerprint density at radius 3 is 2.75 bits per heavy atom. The van der Waals surface area contributed by atoms with E-state index >= 15 is 0 Å². The molecule has 0 amide bonds. The molecule has 3 rings (SSSR count). The van der Waals surface area contributed by atoms with Gasteiger partial charge in [0.1, 0.15) is 0 Å². The third-order valence-corrected chi connectivity index (χ3v) is 5.91. The van der Waals surface area contributed by atoms with Crippen LogP contribution in [-0.4, -0.2) is 19.3 Å². The summed E-state index contributed by atoms with van der Waals surface area (Å²) < 4.78 is 5.48. The van der Waals surface area contributed by atoms with E-state index in [1.807, 2.05) is 29.8 Å². The van der Waals surface area contributed by atoms with Crippen LogP contribution in [0.15, 0.2) is 35.0 Å². The van der Waals surface area contributed by atoms with Crippen molar-refractivity contribution in [1.29, 1.82) is 0 Å². The molecule has 1 aliphatic rings. The first-order valence-electron chi connectivity index (χ1n) is 7.20. The first kappa shape index (κ1) is 14.3. The average molecular weight is 307 g/mol. The highest BCUT2D eigenvalue weighted by molar-refractivity contribution is 7.10. The van der Waals surface area contributed by atoms with Crippen LogP contribution < -0.4 is 5.32 Å². The molecule has 2 heterocycles. The molecule has 0 bridgehead atoms. The zero-order valence-electron chi connectivity index (χ0n) is 11.7. The average Bonchev–Trinajstić information content (AvgIpc) is 3.21. The maximum Gasteiger partial charge on any atom is 0.0586 e. The lowest BCUT2D eigenvalue weighted by molar-refractivity contribution is 0.106. The molecule has 2 aromatic rings. The van der Waals surface area contributed by atoms with Crippen molar-refractivity contribution in [3.63, 3.8) is 0 Å². The van der Waals surface area contributed by atoms with E-state index in [9.17, 15) is 0 Å². The smallest absolute Gasteiger partial charge is 0.0586 e. The van der Waals surface area contributed by atoms with Crippen LogP contribution in [0, 0.1) is 0 Å². The number of ether oxygens (including phenoxy) is 1. The Hall–Kier alpha value is -0.680. The van der Waals surface area contributed by atoms with Crippen LogP contribution >= 0.6 is 22.7 Å². The second-order valence-corrected chi connectivity index (χ2v) is 7.40. The highest BCUT2D eigenvalue weighted by Gasteiger charge is 2.27. The van der Waals surface area contributed by atoms with Gasteiger partial charge in [0.2, 0.25) is 0 Å². The summed E-state index contributed by atoms with van der Waals surface area (Å²) in [6.07, 6.45) is 5.09. The minimum atomic E-state index is 0.439. The van der Waals surface area contributed by atoms with Crippen LogP contribution in [0.3, 0.4) is 0 Å². The van der Waals surface area contributed by atoms with Gasteiger partial charge in [-0.1, -0.05) is 12.1 Å². The van der Waals surface area contributed by atoms with Gasteiger partial charge < -0.3 is 10.1 Å². The largest absolute Gasteiger partial charge is 0.381 e. The second-order valence-electron chi connectivity index (χ2n) is 5.39.